The second-order valence-electron chi connectivity index (χ2n) is 4.96. The molecule has 0 aliphatic carbocycles. The van der Waals surface area contributed by atoms with Crippen LogP contribution in [0.5, 0.6) is 0 Å². The Morgan fingerprint density at radius 3 is 2.68 bits per heavy atom. The number of benzene rings is 2. The first-order valence-corrected chi connectivity index (χ1v) is 6.78. The van der Waals surface area contributed by atoms with E-state index >= 15 is 0 Å². The van der Waals surface area contributed by atoms with E-state index in [1.54, 1.807) is 37.3 Å². The molecule has 0 aliphatic rings. The number of carbonyl (C=O) groups is 1. The summed E-state index contributed by atoms with van der Waals surface area (Å²) in [5, 5.41) is 0.520. The molecular formula is C17H14N2O3. The van der Waals surface area contributed by atoms with Gasteiger partial charge in [-0.3, -0.25) is 4.79 Å². The fourth-order valence-corrected chi connectivity index (χ4v) is 2.38. The summed E-state index contributed by atoms with van der Waals surface area (Å²) in [7, 11) is 1.35. The first kappa shape index (κ1) is 14.0. The lowest BCUT2D eigenvalue weighted by Crippen LogP contribution is -2.09. The van der Waals surface area contributed by atoms with Gasteiger partial charge < -0.3 is 9.72 Å². The van der Waals surface area contributed by atoms with E-state index in [0.717, 1.165) is 11.1 Å². The van der Waals surface area contributed by atoms with Gasteiger partial charge in [-0.1, -0.05) is 18.2 Å². The maximum atomic E-state index is 12.0. The Bertz CT molecular complexity index is 929. The summed E-state index contributed by atoms with van der Waals surface area (Å²) < 4.78 is 4.73. The molecule has 2 aromatic carbocycles. The number of aromatic nitrogens is 2. The van der Waals surface area contributed by atoms with E-state index in [0.29, 0.717) is 22.3 Å². The van der Waals surface area contributed by atoms with Crippen LogP contribution in [0.4, 0.5) is 0 Å². The molecule has 1 N–H and O–H groups in total. The van der Waals surface area contributed by atoms with Crippen molar-refractivity contribution in [2.24, 2.45) is 0 Å². The van der Waals surface area contributed by atoms with E-state index in [9.17, 15) is 9.59 Å². The molecule has 0 fully saturated rings. The molecule has 0 atom stereocenters. The maximum Gasteiger partial charge on any atom is 0.337 e. The van der Waals surface area contributed by atoms with Crippen molar-refractivity contribution in [1.29, 1.82) is 0 Å². The molecule has 22 heavy (non-hydrogen) atoms. The lowest BCUT2D eigenvalue weighted by atomic mass is 10.0. The molecule has 0 spiro atoms. The van der Waals surface area contributed by atoms with Gasteiger partial charge in [-0.25, -0.2) is 9.78 Å². The Balaban J connectivity index is 2.15. The van der Waals surface area contributed by atoms with E-state index in [1.807, 2.05) is 12.1 Å². The monoisotopic (exact) mass is 294 g/mol. The van der Waals surface area contributed by atoms with Gasteiger partial charge in [0, 0.05) is 0 Å². The van der Waals surface area contributed by atoms with Gasteiger partial charge in [-0.15, -0.1) is 0 Å². The van der Waals surface area contributed by atoms with Gasteiger partial charge in [0.2, 0.25) is 0 Å². The number of H-pyrrole nitrogens is 1. The number of aromatic amines is 1. The van der Waals surface area contributed by atoms with Crippen LogP contribution < -0.4 is 5.56 Å². The maximum absolute atomic E-state index is 12.0. The van der Waals surface area contributed by atoms with E-state index in [1.165, 1.54) is 7.11 Å². The third-order valence-electron chi connectivity index (χ3n) is 3.44. The van der Waals surface area contributed by atoms with E-state index < -0.39 is 5.97 Å². The van der Waals surface area contributed by atoms with Gasteiger partial charge in [0.25, 0.3) is 5.56 Å². The fraction of sp³-hybridized carbons (Fsp3) is 0.118. The lowest BCUT2D eigenvalue weighted by molar-refractivity contribution is 0.0601. The van der Waals surface area contributed by atoms with E-state index in [2.05, 4.69) is 9.97 Å². The molecule has 3 aromatic rings. The Morgan fingerprint density at radius 2 is 1.91 bits per heavy atom. The molecule has 0 amide bonds. The van der Waals surface area contributed by atoms with Crippen molar-refractivity contribution in [3.63, 3.8) is 0 Å². The Kier molecular flexibility index (Phi) is 3.47. The number of hydrogen-bond donors (Lipinski definition) is 1. The standard InChI is InChI=1S/C17H14N2O3/c1-10-18-15-7-6-12(9-14(15)16(20)19-10)11-4-3-5-13(8-11)17(21)22-2/h3-9H,1-2H3,(H,18,19,20). The van der Waals surface area contributed by atoms with Crippen molar-refractivity contribution in [3.05, 3.63) is 64.2 Å². The first-order valence-electron chi connectivity index (χ1n) is 6.78. The van der Waals surface area contributed by atoms with Gasteiger partial charge in [0.15, 0.2) is 0 Å². The molecule has 0 radical (unpaired) electrons. The van der Waals surface area contributed by atoms with Crippen LogP contribution in [0.25, 0.3) is 22.0 Å². The first-order chi connectivity index (χ1) is 10.6. The van der Waals surface area contributed by atoms with Gasteiger partial charge in [-0.2, -0.15) is 0 Å². The summed E-state index contributed by atoms with van der Waals surface area (Å²) >= 11 is 0. The second kappa shape index (κ2) is 5.44. The molecule has 0 saturated heterocycles. The quantitative estimate of drug-likeness (QED) is 0.738. The summed E-state index contributed by atoms with van der Waals surface area (Å²) in [5.41, 5.74) is 2.62. The Labute approximate surface area is 126 Å². The molecule has 0 unspecified atom stereocenters. The number of fused-ring (bicyclic) bond motifs is 1. The molecule has 0 saturated carbocycles. The average Bonchev–Trinajstić information content (AvgIpc) is 2.54. The number of hydrogen-bond acceptors (Lipinski definition) is 4. The number of nitrogens with zero attached hydrogens (tertiary/aromatic N) is 1. The fourth-order valence-electron chi connectivity index (χ4n) is 2.38. The highest BCUT2D eigenvalue weighted by Crippen LogP contribution is 2.23. The second-order valence-corrected chi connectivity index (χ2v) is 4.96. The molecule has 1 heterocycles. The number of ether oxygens (including phenoxy) is 1. The summed E-state index contributed by atoms with van der Waals surface area (Å²) in [6, 6.07) is 12.5. The highest BCUT2D eigenvalue weighted by Gasteiger charge is 2.08. The van der Waals surface area contributed by atoms with Crippen molar-refractivity contribution in [2.45, 2.75) is 6.92 Å². The van der Waals surface area contributed by atoms with Crippen molar-refractivity contribution >= 4 is 16.9 Å². The summed E-state index contributed by atoms with van der Waals surface area (Å²) in [6.45, 7) is 1.74. The van der Waals surface area contributed by atoms with Gasteiger partial charge in [0.05, 0.1) is 23.6 Å². The van der Waals surface area contributed by atoms with Crippen LogP contribution in [0.1, 0.15) is 16.2 Å². The van der Waals surface area contributed by atoms with Crippen LogP contribution in [-0.2, 0) is 4.74 Å². The topological polar surface area (TPSA) is 72.0 Å². The SMILES string of the molecule is COC(=O)c1cccc(-c2ccc3nc(C)[nH]c(=O)c3c2)c1. The van der Waals surface area contributed by atoms with Gasteiger partial charge in [-0.05, 0) is 42.3 Å². The van der Waals surface area contributed by atoms with Crippen LogP contribution in [0, 0.1) is 6.92 Å². The van der Waals surface area contributed by atoms with Crippen molar-refractivity contribution in [3.8, 4) is 11.1 Å². The number of carbonyl (C=O) groups excluding carboxylic acids is 1. The molecule has 5 heteroatoms. The lowest BCUT2D eigenvalue weighted by Gasteiger charge is -2.06. The average molecular weight is 294 g/mol. The van der Waals surface area contributed by atoms with Crippen LogP contribution in [-0.4, -0.2) is 23.0 Å². The molecule has 0 bridgehead atoms. The minimum absolute atomic E-state index is 0.173. The van der Waals surface area contributed by atoms with E-state index in [-0.39, 0.29) is 5.56 Å². The third-order valence-corrected chi connectivity index (χ3v) is 3.44. The van der Waals surface area contributed by atoms with Crippen molar-refractivity contribution in [2.75, 3.05) is 7.11 Å². The largest absolute Gasteiger partial charge is 0.465 e. The van der Waals surface area contributed by atoms with Crippen molar-refractivity contribution in [1.82, 2.24) is 9.97 Å². The van der Waals surface area contributed by atoms with Crippen LogP contribution in [0.3, 0.4) is 0 Å². The normalized spacial score (nSPS) is 10.6. The number of esters is 1. The molecular weight excluding hydrogens is 280 g/mol. The predicted octanol–water partition coefficient (Wildman–Crippen LogP) is 2.69. The van der Waals surface area contributed by atoms with Gasteiger partial charge >= 0.3 is 5.97 Å². The van der Waals surface area contributed by atoms with Crippen LogP contribution in [0.2, 0.25) is 0 Å². The summed E-state index contributed by atoms with van der Waals surface area (Å²) in [5.74, 6) is 0.190. The van der Waals surface area contributed by atoms with Crippen molar-refractivity contribution < 1.29 is 9.53 Å². The zero-order chi connectivity index (χ0) is 15.7. The Hall–Kier alpha value is -2.95. The number of nitrogens with one attached hydrogen (secondary N) is 1. The van der Waals surface area contributed by atoms with Crippen LogP contribution in [0.15, 0.2) is 47.3 Å². The highest BCUT2D eigenvalue weighted by atomic mass is 16.5. The molecule has 5 nitrogen and oxygen atoms in total. The van der Waals surface area contributed by atoms with E-state index in [4.69, 9.17) is 4.74 Å². The molecule has 1 aromatic heterocycles. The smallest absolute Gasteiger partial charge is 0.337 e. The minimum Gasteiger partial charge on any atom is -0.465 e. The Morgan fingerprint density at radius 1 is 1.14 bits per heavy atom. The summed E-state index contributed by atoms with van der Waals surface area (Å²) in [4.78, 5) is 30.6. The summed E-state index contributed by atoms with van der Waals surface area (Å²) in [6.07, 6.45) is 0. The molecule has 3 rings (SSSR count). The third kappa shape index (κ3) is 2.48. The predicted molar refractivity (Wildman–Crippen MR) is 83.9 cm³/mol. The zero-order valence-corrected chi connectivity index (χ0v) is 12.2. The van der Waals surface area contributed by atoms with Gasteiger partial charge in [0.1, 0.15) is 5.82 Å². The highest BCUT2D eigenvalue weighted by molar-refractivity contribution is 5.91. The zero-order valence-electron chi connectivity index (χ0n) is 12.2. The minimum atomic E-state index is -0.391. The molecule has 0 aliphatic heterocycles. The number of rotatable bonds is 2. The van der Waals surface area contributed by atoms with Crippen LogP contribution >= 0.6 is 0 Å². The molecule has 110 valence electrons. The number of aryl methyl sites for hydroxylation is 1. The number of methoxy groups -OCH3 is 1.